The lowest BCUT2D eigenvalue weighted by Gasteiger charge is -2.20. The van der Waals surface area contributed by atoms with Gasteiger partial charge in [0.1, 0.15) is 5.75 Å². The molecule has 3 nitrogen and oxygen atoms in total. The van der Waals surface area contributed by atoms with Crippen molar-refractivity contribution in [3.63, 3.8) is 0 Å². The van der Waals surface area contributed by atoms with Crippen molar-refractivity contribution in [1.82, 2.24) is 0 Å². The molecule has 1 aromatic carbocycles. The topological polar surface area (TPSA) is 55.5 Å². The molecule has 0 radical (unpaired) electrons. The molecule has 0 amide bonds. The molecular weight excluding hydrogens is 271 g/mol. The average Bonchev–Trinajstić information content (AvgIpc) is 2.33. The van der Waals surface area contributed by atoms with Crippen LogP contribution in [0.4, 0.5) is 13.2 Å². The van der Waals surface area contributed by atoms with Crippen LogP contribution in [0.2, 0.25) is 0 Å². The first-order chi connectivity index (χ1) is 9.19. The highest BCUT2D eigenvalue weighted by Crippen LogP contribution is 2.27. The first-order valence-electron chi connectivity index (χ1n) is 6.48. The van der Waals surface area contributed by atoms with Crippen molar-refractivity contribution in [3.05, 3.63) is 29.8 Å². The van der Waals surface area contributed by atoms with Crippen LogP contribution in [-0.2, 0) is 0 Å². The van der Waals surface area contributed by atoms with E-state index in [0.717, 1.165) is 6.42 Å². The molecule has 0 aliphatic rings. The number of alkyl halides is 3. The van der Waals surface area contributed by atoms with Gasteiger partial charge in [-0.2, -0.15) is 0 Å². The Morgan fingerprint density at radius 2 is 1.90 bits per heavy atom. The average molecular weight is 291 g/mol. The van der Waals surface area contributed by atoms with Crippen molar-refractivity contribution < 1.29 is 23.0 Å². The van der Waals surface area contributed by atoms with E-state index in [0.29, 0.717) is 17.9 Å². The lowest BCUT2D eigenvalue weighted by Crippen LogP contribution is -2.26. The minimum atomic E-state index is -4.74. The quantitative estimate of drug-likeness (QED) is 0.844. The van der Waals surface area contributed by atoms with Crippen LogP contribution in [0.1, 0.15) is 38.3 Å². The van der Waals surface area contributed by atoms with E-state index in [-0.39, 0.29) is 5.75 Å². The summed E-state index contributed by atoms with van der Waals surface area (Å²) in [6.45, 7) is 4.05. The molecule has 1 aromatic rings. The van der Waals surface area contributed by atoms with Crippen molar-refractivity contribution in [2.45, 2.75) is 45.2 Å². The minimum Gasteiger partial charge on any atom is -0.406 e. The Morgan fingerprint density at radius 3 is 2.45 bits per heavy atom. The maximum atomic E-state index is 12.1. The number of hydrogen-bond donors (Lipinski definition) is 2. The number of halogens is 3. The molecule has 0 saturated heterocycles. The van der Waals surface area contributed by atoms with Crippen LogP contribution in [0, 0.1) is 5.92 Å². The Balaban J connectivity index is 2.72. The van der Waals surface area contributed by atoms with Crippen LogP contribution < -0.4 is 10.5 Å². The van der Waals surface area contributed by atoms with Gasteiger partial charge < -0.3 is 15.6 Å². The third kappa shape index (κ3) is 5.79. The Hall–Kier alpha value is -1.27. The summed E-state index contributed by atoms with van der Waals surface area (Å²) in [5.41, 5.74) is 6.29. The van der Waals surface area contributed by atoms with Crippen molar-refractivity contribution in [2.75, 3.05) is 0 Å². The van der Waals surface area contributed by atoms with E-state index in [1.807, 2.05) is 13.8 Å². The molecule has 2 atom stereocenters. The van der Waals surface area contributed by atoms with E-state index in [1.165, 1.54) is 18.2 Å². The van der Waals surface area contributed by atoms with Crippen LogP contribution in [0.25, 0.3) is 0 Å². The Labute approximate surface area is 116 Å². The summed E-state index contributed by atoms with van der Waals surface area (Å²) in [7, 11) is 0. The van der Waals surface area contributed by atoms with Crippen molar-refractivity contribution in [2.24, 2.45) is 11.7 Å². The normalized spacial score (nSPS) is 15.2. The van der Waals surface area contributed by atoms with Gasteiger partial charge in [-0.25, -0.2) is 0 Å². The summed E-state index contributed by atoms with van der Waals surface area (Å²) < 4.78 is 40.3. The molecule has 6 heteroatoms. The van der Waals surface area contributed by atoms with Crippen molar-refractivity contribution >= 4 is 0 Å². The molecule has 0 aliphatic carbocycles. The number of hydrogen-bond acceptors (Lipinski definition) is 3. The Morgan fingerprint density at radius 1 is 1.25 bits per heavy atom. The molecular formula is C14H20F3NO2. The van der Waals surface area contributed by atoms with Gasteiger partial charge in [0.2, 0.25) is 0 Å². The van der Waals surface area contributed by atoms with Gasteiger partial charge in [-0.05, 0) is 36.5 Å². The molecule has 0 fully saturated rings. The van der Waals surface area contributed by atoms with Gasteiger partial charge in [-0.1, -0.05) is 26.0 Å². The predicted octanol–water partition coefficient (Wildman–Crippen LogP) is 3.38. The third-order valence-corrected chi connectivity index (χ3v) is 2.93. The summed E-state index contributed by atoms with van der Waals surface area (Å²) in [5, 5.41) is 9.96. The highest BCUT2D eigenvalue weighted by atomic mass is 19.4. The largest absolute Gasteiger partial charge is 0.573 e. The number of benzene rings is 1. The number of rotatable bonds is 6. The number of aliphatic hydroxyl groups is 1. The molecule has 0 aliphatic heterocycles. The fraction of sp³-hybridized carbons (Fsp3) is 0.571. The fourth-order valence-electron chi connectivity index (χ4n) is 1.82. The predicted molar refractivity (Wildman–Crippen MR) is 70.1 cm³/mol. The maximum absolute atomic E-state index is 12.1. The van der Waals surface area contributed by atoms with Crippen LogP contribution >= 0.6 is 0 Å². The van der Waals surface area contributed by atoms with E-state index in [9.17, 15) is 18.3 Å². The lowest BCUT2D eigenvalue weighted by atomic mass is 9.96. The number of nitrogens with two attached hydrogens (primary N) is 1. The number of aliphatic hydroxyl groups excluding tert-OH is 1. The molecule has 0 saturated carbocycles. The molecule has 0 aromatic heterocycles. The first kappa shape index (κ1) is 16.8. The monoisotopic (exact) mass is 291 g/mol. The summed E-state index contributed by atoms with van der Waals surface area (Å²) in [5.74, 6) is 0.0956. The second kappa shape index (κ2) is 6.95. The molecule has 114 valence electrons. The van der Waals surface area contributed by atoms with Crippen LogP contribution in [-0.4, -0.2) is 17.6 Å². The third-order valence-electron chi connectivity index (χ3n) is 2.93. The zero-order chi connectivity index (χ0) is 15.3. The second-order valence-electron chi connectivity index (χ2n) is 5.18. The van der Waals surface area contributed by atoms with Gasteiger partial charge in [0.15, 0.2) is 0 Å². The standard InChI is InChI=1S/C14H20F3NO2/c1-9(2)6-7-12(19)13(18)10-4-3-5-11(8-10)20-14(15,16)17/h3-5,8-9,12-13,19H,6-7,18H2,1-2H3/t12-,13+/m0/s1. The van der Waals surface area contributed by atoms with Gasteiger partial charge in [0.05, 0.1) is 12.1 Å². The maximum Gasteiger partial charge on any atom is 0.573 e. The SMILES string of the molecule is CC(C)CC[C@H](O)[C@H](N)c1cccc(OC(F)(F)F)c1. The van der Waals surface area contributed by atoms with E-state index in [1.54, 1.807) is 6.07 Å². The van der Waals surface area contributed by atoms with Gasteiger partial charge in [0, 0.05) is 0 Å². The van der Waals surface area contributed by atoms with Crippen LogP contribution in [0.5, 0.6) is 5.75 Å². The highest BCUT2D eigenvalue weighted by molar-refractivity contribution is 5.31. The van der Waals surface area contributed by atoms with Crippen molar-refractivity contribution in [1.29, 1.82) is 0 Å². The first-order valence-corrected chi connectivity index (χ1v) is 6.48. The smallest absolute Gasteiger partial charge is 0.406 e. The molecule has 20 heavy (non-hydrogen) atoms. The van der Waals surface area contributed by atoms with E-state index in [4.69, 9.17) is 5.73 Å². The highest BCUT2D eigenvalue weighted by Gasteiger charge is 2.31. The zero-order valence-electron chi connectivity index (χ0n) is 11.5. The lowest BCUT2D eigenvalue weighted by molar-refractivity contribution is -0.274. The van der Waals surface area contributed by atoms with E-state index < -0.39 is 18.5 Å². The molecule has 3 N–H and O–H groups in total. The summed E-state index contributed by atoms with van der Waals surface area (Å²) in [4.78, 5) is 0. The Kier molecular flexibility index (Phi) is 5.83. The molecule has 0 bridgehead atoms. The van der Waals surface area contributed by atoms with Crippen LogP contribution in [0.3, 0.4) is 0 Å². The zero-order valence-corrected chi connectivity index (χ0v) is 11.5. The van der Waals surface area contributed by atoms with E-state index >= 15 is 0 Å². The van der Waals surface area contributed by atoms with E-state index in [2.05, 4.69) is 4.74 Å². The summed E-state index contributed by atoms with van der Waals surface area (Å²) in [6.07, 6.45) is -4.23. The van der Waals surface area contributed by atoms with Gasteiger partial charge in [-0.15, -0.1) is 13.2 Å². The fourth-order valence-corrected chi connectivity index (χ4v) is 1.82. The van der Waals surface area contributed by atoms with Gasteiger partial charge >= 0.3 is 6.36 Å². The Bertz CT molecular complexity index is 421. The van der Waals surface area contributed by atoms with Crippen LogP contribution in [0.15, 0.2) is 24.3 Å². The molecule has 0 spiro atoms. The second-order valence-corrected chi connectivity index (χ2v) is 5.18. The molecule has 0 heterocycles. The van der Waals surface area contributed by atoms with Gasteiger partial charge in [-0.3, -0.25) is 0 Å². The van der Waals surface area contributed by atoms with Gasteiger partial charge in [0.25, 0.3) is 0 Å². The summed E-state index contributed by atoms with van der Waals surface area (Å²) in [6, 6.07) is 4.67. The number of ether oxygens (including phenoxy) is 1. The van der Waals surface area contributed by atoms with Crippen molar-refractivity contribution in [3.8, 4) is 5.75 Å². The molecule has 1 rings (SSSR count). The minimum absolute atomic E-state index is 0.332. The molecule has 0 unspecified atom stereocenters. The summed E-state index contributed by atoms with van der Waals surface area (Å²) >= 11 is 0.